The lowest BCUT2D eigenvalue weighted by Crippen LogP contribution is -2.31. The highest BCUT2D eigenvalue weighted by molar-refractivity contribution is 7.15. The first-order valence-electron chi connectivity index (χ1n) is 10.4. The lowest BCUT2D eigenvalue weighted by Gasteiger charge is -2.29. The molecule has 0 bridgehead atoms. The topological polar surface area (TPSA) is 88.8 Å². The summed E-state index contributed by atoms with van der Waals surface area (Å²) in [5, 5.41) is 17.4. The SMILES string of the molecule is CC(C)(C)C#Cc1cc(NC2CCC(Oc3ccc4nccn4n3)CC2)c(C(=O)O)s1. The number of nitrogens with one attached hydrogen (secondary N) is 1. The van der Waals surface area contributed by atoms with Gasteiger partial charge in [0.05, 0.1) is 10.6 Å². The number of thiophene rings is 1. The van der Waals surface area contributed by atoms with Crippen LogP contribution in [0.3, 0.4) is 0 Å². The second-order valence-electron chi connectivity index (χ2n) is 8.80. The molecule has 3 aromatic rings. The Balaban J connectivity index is 1.37. The lowest BCUT2D eigenvalue weighted by atomic mass is 9.92. The fourth-order valence-corrected chi connectivity index (χ4v) is 4.36. The van der Waals surface area contributed by atoms with Gasteiger partial charge < -0.3 is 15.2 Å². The van der Waals surface area contributed by atoms with E-state index in [1.807, 2.05) is 39.0 Å². The molecule has 3 aromatic heterocycles. The number of hydrogen-bond donors (Lipinski definition) is 2. The Morgan fingerprint density at radius 3 is 2.77 bits per heavy atom. The van der Waals surface area contributed by atoms with Gasteiger partial charge in [0.25, 0.3) is 0 Å². The maximum atomic E-state index is 11.7. The van der Waals surface area contributed by atoms with E-state index in [0.29, 0.717) is 16.4 Å². The van der Waals surface area contributed by atoms with Crippen LogP contribution in [0.25, 0.3) is 5.65 Å². The number of carboxylic acid groups (broad SMARTS) is 1. The second kappa shape index (κ2) is 8.60. The third-order valence-corrected chi connectivity index (χ3v) is 6.08. The van der Waals surface area contributed by atoms with E-state index in [-0.39, 0.29) is 17.6 Å². The van der Waals surface area contributed by atoms with Crippen LogP contribution in [0.5, 0.6) is 5.88 Å². The molecule has 0 amide bonds. The van der Waals surface area contributed by atoms with Crippen LogP contribution in [0.15, 0.2) is 30.6 Å². The minimum Gasteiger partial charge on any atom is -0.477 e. The number of imidazole rings is 1. The summed E-state index contributed by atoms with van der Waals surface area (Å²) in [4.78, 5) is 17.0. The smallest absolute Gasteiger partial charge is 0.348 e. The van der Waals surface area contributed by atoms with Crippen LogP contribution in [0.2, 0.25) is 0 Å². The molecule has 0 radical (unpaired) electrons. The van der Waals surface area contributed by atoms with E-state index in [9.17, 15) is 9.90 Å². The number of carbonyl (C=O) groups is 1. The lowest BCUT2D eigenvalue weighted by molar-refractivity contribution is 0.0703. The molecule has 7 nitrogen and oxygen atoms in total. The van der Waals surface area contributed by atoms with Crippen LogP contribution >= 0.6 is 11.3 Å². The average molecular weight is 439 g/mol. The van der Waals surface area contributed by atoms with Crippen molar-refractivity contribution in [2.24, 2.45) is 5.41 Å². The van der Waals surface area contributed by atoms with Crippen LogP contribution in [-0.2, 0) is 0 Å². The minimum atomic E-state index is -0.922. The Kier molecular flexibility index (Phi) is 5.88. The summed E-state index contributed by atoms with van der Waals surface area (Å²) in [6.07, 6.45) is 7.16. The summed E-state index contributed by atoms with van der Waals surface area (Å²) in [6, 6.07) is 5.80. The first kappa shape index (κ1) is 21.2. The number of ether oxygens (including phenoxy) is 1. The summed E-state index contributed by atoms with van der Waals surface area (Å²) in [5.41, 5.74) is 1.32. The number of nitrogens with zero attached hydrogens (tertiary/aromatic N) is 3. The van der Waals surface area contributed by atoms with Gasteiger partial charge in [-0.15, -0.1) is 16.4 Å². The molecule has 1 saturated carbocycles. The van der Waals surface area contributed by atoms with Crippen molar-refractivity contribution in [3.63, 3.8) is 0 Å². The molecule has 31 heavy (non-hydrogen) atoms. The summed E-state index contributed by atoms with van der Waals surface area (Å²) >= 11 is 1.22. The molecule has 0 unspecified atom stereocenters. The number of carboxylic acids is 1. The molecule has 0 spiro atoms. The number of aromatic nitrogens is 3. The van der Waals surface area contributed by atoms with Gasteiger partial charge in [0.15, 0.2) is 5.65 Å². The van der Waals surface area contributed by atoms with Crippen molar-refractivity contribution in [3.8, 4) is 17.7 Å². The van der Waals surface area contributed by atoms with Crippen molar-refractivity contribution >= 4 is 28.6 Å². The first-order chi connectivity index (χ1) is 14.8. The molecule has 0 atom stereocenters. The number of fused-ring (bicyclic) bond motifs is 1. The third kappa shape index (κ3) is 5.36. The number of rotatable bonds is 5. The normalized spacial score (nSPS) is 18.9. The molecule has 0 aromatic carbocycles. The molecule has 1 aliphatic carbocycles. The van der Waals surface area contributed by atoms with Gasteiger partial charge in [-0.3, -0.25) is 0 Å². The Morgan fingerprint density at radius 1 is 1.29 bits per heavy atom. The summed E-state index contributed by atoms with van der Waals surface area (Å²) < 4.78 is 7.76. The van der Waals surface area contributed by atoms with E-state index in [0.717, 1.165) is 36.2 Å². The minimum absolute atomic E-state index is 0.0983. The Hall–Kier alpha value is -3.05. The molecule has 2 N–H and O–H groups in total. The predicted octanol–water partition coefficient (Wildman–Crippen LogP) is 4.69. The molecule has 1 fully saturated rings. The highest BCUT2D eigenvalue weighted by atomic mass is 32.1. The van der Waals surface area contributed by atoms with Gasteiger partial charge in [-0.05, 0) is 58.6 Å². The van der Waals surface area contributed by atoms with Gasteiger partial charge in [0.2, 0.25) is 5.88 Å². The van der Waals surface area contributed by atoms with Gasteiger partial charge in [0.1, 0.15) is 11.0 Å². The van der Waals surface area contributed by atoms with E-state index >= 15 is 0 Å². The third-order valence-electron chi connectivity index (χ3n) is 5.04. The van der Waals surface area contributed by atoms with Crippen LogP contribution in [-0.4, -0.2) is 37.8 Å². The fraction of sp³-hybridized carbons (Fsp3) is 0.435. The monoisotopic (exact) mass is 438 g/mol. The molecule has 162 valence electrons. The van der Waals surface area contributed by atoms with Gasteiger partial charge in [-0.2, -0.15) is 0 Å². The van der Waals surface area contributed by atoms with Gasteiger partial charge in [-0.1, -0.05) is 11.8 Å². The zero-order valence-electron chi connectivity index (χ0n) is 17.9. The largest absolute Gasteiger partial charge is 0.477 e. The van der Waals surface area contributed by atoms with Crippen LogP contribution in [0.1, 0.15) is 61.0 Å². The molecule has 0 saturated heterocycles. The highest BCUT2D eigenvalue weighted by Crippen LogP contribution is 2.31. The standard InChI is InChI=1S/C23H26N4O3S/c1-23(2,3)11-10-17-14-18(21(31-17)22(28)29)25-15-4-6-16(7-5-15)30-20-9-8-19-24-12-13-27(19)26-20/h8-9,12-16,25H,4-7H2,1-3H3,(H,28,29). The molecule has 8 heteroatoms. The number of anilines is 1. The van der Waals surface area contributed by atoms with E-state index in [2.05, 4.69) is 27.2 Å². The average Bonchev–Trinajstić information content (AvgIpc) is 3.34. The number of hydrogen-bond acceptors (Lipinski definition) is 6. The summed E-state index contributed by atoms with van der Waals surface area (Å²) in [5.74, 6) is 5.96. The van der Waals surface area contributed by atoms with Crippen molar-refractivity contribution in [2.45, 2.75) is 58.6 Å². The quantitative estimate of drug-likeness (QED) is 0.562. The van der Waals surface area contributed by atoms with Gasteiger partial charge in [-0.25, -0.2) is 14.3 Å². The molecular weight excluding hydrogens is 412 g/mol. The van der Waals surface area contributed by atoms with Crippen molar-refractivity contribution < 1.29 is 14.6 Å². The van der Waals surface area contributed by atoms with Crippen LogP contribution in [0.4, 0.5) is 5.69 Å². The Bertz CT molecular complexity index is 1140. The highest BCUT2D eigenvalue weighted by Gasteiger charge is 2.25. The van der Waals surface area contributed by atoms with Crippen molar-refractivity contribution in [1.29, 1.82) is 0 Å². The fourth-order valence-electron chi connectivity index (χ4n) is 3.54. The van der Waals surface area contributed by atoms with Crippen molar-refractivity contribution in [2.75, 3.05) is 5.32 Å². The van der Waals surface area contributed by atoms with E-state index in [1.54, 1.807) is 16.9 Å². The summed E-state index contributed by atoms with van der Waals surface area (Å²) in [7, 11) is 0. The van der Waals surface area contributed by atoms with Crippen LogP contribution in [0, 0.1) is 17.3 Å². The summed E-state index contributed by atoms with van der Waals surface area (Å²) in [6.45, 7) is 6.11. The van der Waals surface area contributed by atoms with Gasteiger partial charge >= 0.3 is 5.97 Å². The van der Waals surface area contributed by atoms with Crippen molar-refractivity contribution in [1.82, 2.24) is 14.6 Å². The van der Waals surface area contributed by atoms with E-state index in [4.69, 9.17) is 4.74 Å². The maximum Gasteiger partial charge on any atom is 0.348 e. The van der Waals surface area contributed by atoms with E-state index < -0.39 is 5.97 Å². The zero-order valence-corrected chi connectivity index (χ0v) is 18.7. The Morgan fingerprint density at radius 2 is 2.06 bits per heavy atom. The predicted molar refractivity (Wildman–Crippen MR) is 121 cm³/mol. The molecule has 4 rings (SSSR count). The van der Waals surface area contributed by atoms with Gasteiger partial charge in [0, 0.05) is 29.9 Å². The zero-order chi connectivity index (χ0) is 22.0. The molecule has 1 aliphatic rings. The first-order valence-corrected chi connectivity index (χ1v) is 11.2. The van der Waals surface area contributed by atoms with E-state index in [1.165, 1.54) is 11.3 Å². The second-order valence-corrected chi connectivity index (χ2v) is 9.85. The van der Waals surface area contributed by atoms with Crippen LogP contribution < -0.4 is 10.1 Å². The molecule has 3 heterocycles. The molecule has 0 aliphatic heterocycles. The molecular formula is C23H26N4O3S. The van der Waals surface area contributed by atoms with Crippen molar-refractivity contribution in [3.05, 3.63) is 40.3 Å². The number of aromatic carboxylic acids is 1. The maximum absolute atomic E-state index is 11.7. The Labute approximate surface area is 185 Å².